The first-order valence-corrected chi connectivity index (χ1v) is 10.9. The van der Waals surface area contributed by atoms with Gasteiger partial charge in [-0.05, 0) is 66.5 Å². The Hall–Kier alpha value is -4.31. The molecule has 1 aliphatic heterocycles. The van der Waals surface area contributed by atoms with Gasteiger partial charge in [-0.1, -0.05) is 43.5 Å². The number of pyridine rings is 1. The third-order valence-electron chi connectivity index (χ3n) is 5.84. The van der Waals surface area contributed by atoms with Gasteiger partial charge in [-0.2, -0.15) is 0 Å². The molecule has 5 rings (SSSR count). The molecule has 1 aliphatic rings. The van der Waals surface area contributed by atoms with Crippen LogP contribution in [0.5, 0.6) is 0 Å². The molecule has 33 heavy (non-hydrogen) atoms. The van der Waals surface area contributed by atoms with E-state index in [1.165, 1.54) is 0 Å². The zero-order valence-corrected chi connectivity index (χ0v) is 18.2. The van der Waals surface area contributed by atoms with Crippen LogP contribution in [0.15, 0.2) is 115 Å². The van der Waals surface area contributed by atoms with E-state index in [-0.39, 0.29) is 0 Å². The largest absolute Gasteiger partial charge is 0.516 e. The van der Waals surface area contributed by atoms with Crippen LogP contribution in [-0.2, 0) is 0 Å². The summed E-state index contributed by atoms with van der Waals surface area (Å²) in [5.74, 6) is 0. The molecule has 4 nitrogen and oxygen atoms in total. The molecule has 0 saturated heterocycles. The highest BCUT2D eigenvalue weighted by atomic mass is 16.3. The molecule has 2 aromatic heterocycles. The molecular weight excluding hydrogens is 408 g/mol. The molecule has 0 atom stereocenters. The fourth-order valence-corrected chi connectivity index (χ4v) is 4.27. The number of anilines is 1. The van der Waals surface area contributed by atoms with Crippen molar-refractivity contribution in [2.75, 3.05) is 4.90 Å². The number of aliphatic hydroxyl groups excluding tert-OH is 1. The van der Waals surface area contributed by atoms with E-state index in [9.17, 15) is 5.11 Å². The average Bonchev–Trinajstić information content (AvgIpc) is 3.21. The van der Waals surface area contributed by atoms with E-state index < -0.39 is 0 Å². The number of hydrogen-bond donors (Lipinski definition) is 1. The van der Waals surface area contributed by atoms with Gasteiger partial charge in [0.15, 0.2) is 0 Å². The van der Waals surface area contributed by atoms with E-state index in [0.717, 1.165) is 74.8 Å². The molecule has 0 bridgehead atoms. The Kier molecular flexibility index (Phi) is 5.41. The summed E-state index contributed by atoms with van der Waals surface area (Å²) < 4.78 is 6.33. The molecule has 1 N–H and O–H groups in total. The first-order chi connectivity index (χ1) is 16.2. The van der Waals surface area contributed by atoms with Crippen LogP contribution in [0.3, 0.4) is 0 Å². The summed E-state index contributed by atoms with van der Waals surface area (Å²) in [6, 6.07) is 18.0. The molecule has 0 spiro atoms. The number of aromatic nitrogens is 1. The summed E-state index contributed by atoms with van der Waals surface area (Å²) in [6.45, 7) is 8.58. The van der Waals surface area contributed by atoms with Crippen molar-refractivity contribution in [3.63, 3.8) is 0 Å². The molecule has 162 valence electrons. The first-order valence-electron chi connectivity index (χ1n) is 10.9. The molecule has 0 unspecified atom stereocenters. The smallest absolute Gasteiger partial charge is 0.145 e. The van der Waals surface area contributed by atoms with Gasteiger partial charge in [0.2, 0.25) is 0 Å². The lowest BCUT2D eigenvalue weighted by atomic mass is 9.95. The van der Waals surface area contributed by atoms with Gasteiger partial charge in [0, 0.05) is 34.4 Å². The summed E-state index contributed by atoms with van der Waals surface area (Å²) >= 11 is 0. The summed E-state index contributed by atoms with van der Waals surface area (Å²) in [5, 5.41) is 11.8. The Balaban J connectivity index is 1.72. The fourth-order valence-electron chi connectivity index (χ4n) is 4.27. The lowest BCUT2D eigenvalue weighted by Gasteiger charge is -2.27. The van der Waals surface area contributed by atoms with Crippen LogP contribution < -0.4 is 4.90 Å². The molecule has 3 heterocycles. The zero-order valence-electron chi connectivity index (χ0n) is 18.2. The van der Waals surface area contributed by atoms with Gasteiger partial charge in [-0.25, -0.2) is 0 Å². The minimum Gasteiger partial charge on any atom is -0.516 e. The average molecular weight is 433 g/mol. The molecular formula is C29H24N2O2. The summed E-state index contributed by atoms with van der Waals surface area (Å²) in [5.41, 5.74) is 6.87. The predicted molar refractivity (Wildman–Crippen MR) is 137 cm³/mol. The predicted octanol–water partition coefficient (Wildman–Crippen LogP) is 7.78. The second-order valence-electron chi connectivity index (χ2n) is 7.96. The van der Waals surface area contributed by atoms with Crippen molar-refractivity contribution in [3.8, 4) is 0 Å². The monoisotopic (exact) mass is 432 g/mol. The maximum absolute atomic E-state index is 9.69. The van der Waals surface area contributed by atoms with E-state index in [1.807, 2.05) is 53.6 Å². The Morgan fingerprint density at radius 2 is 1.91 bits per heavy atom. The van der Waals surface area contributed by atoms with Crippen molar-refractivity contribution in [1.82, 2.24) is 4.98 Å². The minimum absolute atomic E-state index is 0.740. The number of allylic oxidation sites excluding steroid dienone is 5. The number of nitrogens with zero attached hydrogens (tertiary/aromatic N) is 2. The summed E-state index contributed by atoms with van der Waals surface area (Å²) in [7, 11) is 0. The third kappa shape index (κ3) is 3.76. The maximum atomic E-state index is 9.69. The SMILES string of the molecule is C=C(/C=C(\C=C/O)N1/C=C\CCC(=C)c2c1ccc1c2oc2ccccc21)c1ccccn1. The molecule has 0 saturated carbocycles. The maximum Gasteiger partial charge on any atom is 0.145 e. The lowest BCUT2D eigenvalue weighted by Crippen LogP contribution is -2.17. The highest BCUT2D eigenvalue weighted by Crippen LogP contribution is 2.42. The number of aliphatic hydroxyl groups is 1. The molecule has 0 aliphatic carbocycles. The number of furan rings is 1. The molecule has 4 heteroatoms. The Morgan fingerprint density at radius 1 is 1.06 bits per heavy atom. The molecule has 0 fully saturated rings. The van der Waals surface area contributed by atoms with Gasteiger partial charge in [0.1, 0.15) is 11.2 Å². The third-order valence-corrected chi connectivity index (χ3v) is 5.84. The molecule has 2 aromatic carbocycles. The van der Waals surface area contributed by atoms with Crippen LogP contribution in [0, 0.1) is 0 Å². The van der Waals surface area contributed by atoms with Gasteiger partial charge < -0.3 is 14.4 Å². The van der Waals surface area contributed by atoms with Crippen molar-refractivity contribution in [2.24, 2.45) is 0 Å². The number of hydrogen-bond acceptors (Lipinski definition) is 4. The standard InChI is InChI=1S/C29H24N2O2/c1-20-9-6-8-17-31(22(15-18-32)19-21(2)25-11-5-7-16-30-25)26-14-13-24-23-10-3-4-12-27(23)33-29(24)28(20)26/h3-5,7-8,10-19,32H,1-2,6,9H2/b17-8-,18-15-,22-19+. The van der Waals surface area contributed by atoms with E-state index in [4.69, 9.17) is 4.42 Å². The molecule has 0 amide bonds. The van der Waals surface area contributed by atoms with Crippen LogP contribution in [0.4, 0.5) is 5.69 Å². The van der Waals surface area contributed by atoms with Gasteiger partial charge in [0.05, 0.1) is 17.6 Å². The first kappa shape index (κ1) is 20.6. The zero-order chi connectivity index (χ0) is 22.8. The quantitative estimate of drug-likeness (QED) is 0.264. The van der Waals surface area contributed by atoms with Crippen LogP contribution in [0.25, 0.3) is 33.1 Å². The second-order valence-corrected chi connectivity index (χ2v) is 7.96. The second kappa shape index (κ2) is 8.67. The van der Waals surface area contributed by atoms with Crippen LogP contribution in [0.1, 0.15) is 24.1 Å². The van der Waals surface area contributed by atoms with Crippen LogP contribution in [0.2, 0.25) is 0 Å². The van der Waals surface area contributed by atoms with Crippen molar-refractivity contribution in [1.29, 1.82) is 0 Å². The number of rotatable bonds is 4. The number of fused-ring (bicyclic) bond motifs is 5. The lowest BCUT2D eigenvalue weighted by molar-refractivity contribution is 0.473. The number of benzene rings is 2. The van der Waals surface area contributed by atoms with Crippen molar-refractivity contribution >= 4 is 38.8 Å². The van der Waals surface area contributed by atoms with Crippen LogP contribution in [-0.4, -0.2) is 10.1 Å². The van der Waals surface area contributed by atoms with E-state index in [2.05, 4.69) is 42.4 Å². The fraction of sp³-hybridized carbons (Fsp3) is 0.0690. The van der Waals surface area contributed by atoms with Gasteiger partial charge >= 0.3 is 0 Å². The van der Waals surface area contributed by atoms with E-state index in [1.54, 1.807) is 12.3 Å². The Morgan fingerprint density at radius 3 is 2.73 bits per heavy atom. The minimum atomic E-state index is 0.740. The van der Waals surface area contributed by atoms with Gasteiger partial charge in [-0.15, -0.1) is 0 Å². The Bertz CT molecular complexity index is 1460. The van der Waals surface area contributed by atoms with Crippen molar-refractivity contribution in [3.05, 3.63) is 122 Å². The van der Waals surface area contributed by atoms with Crippen molar-refractivity contribution in [2.45, 2.75) is 12.8 Å². The van der Waals surface area contributed by atoms with Gasteiger partial charge in [-0.3, -0.25) is 4.98 Å². The summed E-state index contributed by atoms with van der Waals surface area (Å²) in [4.78, 5) is 6.43. The molecule has 4 aromatic rings. The highest BCUT2D eigenvalue weighted by molar-refractivity contribution is 6.10. The summed E-state index contributed by atoms with van der Waals surface area (Å²) in [6.07, 6.45) is 12.2. The van der Waals surface area contributed by atoms with Crippen LogP contribution >= 0.6 is 0 Å². The van der Waals surface area contributed by atoms with E-state index >= 15 is 0 Å². The Labute approximate surface area is 192 Å². The topological polar surface area (TPSA) is 49.5 Å². The highest BCUT2D eigenvalue weighted by Gasteiger charge is 2.22. The van der Waals surface area contributed by atoms with Gasteiger partial charge in [0.25, 0.3) is 0 Å². The normalized spacial score (nSPS) is 15.6. The molecule has 0 radical (unpaired) electrons. The van der Waals surface area contributed by atoms with Crippen molar-refractivity contribution < 1.29 is 9.52 Å². The van der Waals surface area contributed by atoms with E-state index in [0.29, 0.717) is 0 Å². The number of para-hydroxylation sites is 1.